The highest BCUT2D eigenvalue weighted by Gasteiger charge is 2.18. The zero-order valence-electron chi connectivity index (χ0n) is 12.6. The monoisotopic (exact) mass is 287 g/mol. The molecule has 0 saturated heterocycles. The van der Waals surface area contributed by atoms with Crippen LogP contribution in [0.15, 0.2) is 41.0 Å². The third-order valence-corrected chi connectivity index (χ3v) is 3.44. The van der Waals surface area contributed by atoms with E-state index in [1.807, 2.05) is 45.0 Å². The van der Waals surface area contributed by atoms with Crippen LogP contribution in [0.2, 0.25) is 0 Å². The molecule has 112 valence electrons. The van der Waals surface area contributed by atoms with Crippen LogP contribution >= 0.6 is 0 Å². The van der Waals surface area contributed by atoms with Crippen molar-refractivity contribution >= 4 is 5.91 Å². The maximum absolute atomic E-state index is 12.1. The van der Waals surface area contributed by atoms with E-state index in [9.17, 15) is 9.90 Å². The third-order valence-electron chi connectivity index (χ3n) is 3.44. The number of carbonyl (C=O) groups is 1. The number of benzene rings is 1. The molecule has 2 N–H and O–H groups in total. The van der Waals surface area contributed by atoms with E-state index in [1.165, 1.54) is 6.26 Å². The summed E-state index contributed by atoms with van der Waals surface area (Å²) in [4.78, 5) is 12.1. The van der Waals surface area contributed by atoms with E-state index in [4.69, 9.17) is 4.42 Å². The second kappa shape index (κ2) is 6.59. The summed E-state index contributed by atoms with van der Waals surface area (Å²) in [6.07, 6.45) is 0.785. The van der Waals surface area contributed by atoms with Crippen molar-refractivity contribution in [1.29, 1.82) is 0 Å². The number of amides is 1. The predicted molar refractivity (Wildman–Crippen MR) is 81.3 cm³/mol. The number of aliphatic hydroxyl groups excluding tert-OH is 1. The van der Waals surface area contributed by atoms with Gasteiger partial charge in [0, 0.05) is 12.1 Å². The van der Waals surface area contributed by atoms with Gasteiger partial charge in [-0.25, -0.2) is 0 Å². The number of rotatable bonds is 5. The van der Waals surface area contributed by atoms with Gasteiger partial charge in [-0.15, -0.1) is 0 Å². The topological polar surface area (TPSA) is 62.5 Å². The van der Waals surface area contributed by atoms with E-state index >= 15 is 0 Å². The first-order chi connectivity index (χ1) is 9.99. The molecule has 4 nitrogen and oxygen atoms in total. The molecule has 0 radical (unpaired) electrons. The Labute approximate surface area is 124 Å². The molecular formula is C17H21NO3. The highest BCUT2D eigenvalue weighted by atomic mass is 16.3. The maximum Gasteiger partial charge on any atom is 0.287 e. The van der Waals surface area contributed by atoms with Crippen LogP contribution < -0.4 is 5.32 Å². The zero-order chi connectivity index (χ0) is 15.4. The zero-order valence-corrected chi connectivity index (χ0v) is 12.6. The molecule has 0 aliphatic carbocycles. The standard InChI is InChI=1S/C17H21NO3/c1-11(2)14-8-9-21-16(14)17(20)18-10-15(19)13-6-4-12(3)5-7-13/h4-9,11,15,19H,10H2,1-3H3,(H,18,20). The van der Waals surface area contributed by atoms with Crippen LogP contribution in [0.4, 0.5) is 0 Å². The minimum absolute atomic E-state index is 0.153. The fourth-order valence-corrected chi connectivity index (χ4v) is 2.13. The van der Waals surface area contributed by atoms with Gasteiger partial charge in [-0.1, -0.05) is 43.7 Å². The normalized spacial score (nSPS) is 12.4. The van der Waals surface area contributed by atoms with Gasteiger partial charge in [-0.3, -0.25) is 4.79 Å². The van der Waals surface area contributed by atoms with E-state index in [0.29, 0.717) is 5.76 Å². The van der Waals surface area contributed by atoms with Crippen molar-refractivity contribution in [3.8, 4) is 0 Å². The Morgan fingerprint density at radius 2 is 1.90 bits per heavy atom. The SMILES string of the molecule is Cc1ccc(C(O)CNC(=O)c2occc2C(C)C)cc1. The van der Waals surface area contributed by atoms with Crippen LogP contribution in [-0.4, -0.2) is 17.6 Å². The summed E-state index contributed by atoms with van der Waals surface area (Å²) in [5.41, 5.74) is 2.79. The first-order valence-corrected chi connectivity index (χ1v) is 7.09. The molecule has 0 aliphatic heterocycles. The van der Waals surface area contributed by atoms with E-state index in [2.05, 4.69) is 5.32 Å². The minimum Gasteiger partial charge on any atom is -0.459 e. The summed E-state index contributed by atoms with van der Waals surface area (Å²) < 4.78 is 5.25. The molecule has 1 atom stereocenters. The minimum atomic E-state index is -0.730. The fourth-order valence-electron chi connectivity index (χ4n) is 2.13. The van der Waals surface area contributed by atoms with Gasteiger partial charge < -0.3 is 14.8 Å². The summed E-state index contributed by atoms with van der Waals surface area (Å²) in [6.45, 7) is 6.15. The average Bonchev–Trinajstić information content (AvgIpc) is 2.95. The van der Waals surface area contributed by atoms with E-state index < -0.39 is 6.10 Å². The Kier molecular flexibility index (Phi) is 4.81. The molecule has 4 heteroatoms. The summed E-state index contributed by atoms with van der Waals surface area (Å²) in [5, 5.41) is 12.8. The largest absolute Gasteiger partial charge is 0.459 e. The molecule has 1 unspecified atom stereocenters. The van der Waals surface area contributed by atoms with Crippen molar-refractivity contribution in [3.05, 3.63) is 59.0 Å². The molecule has 0 spiro atoms. The molecule has 0 bridgehead atoms. The van der Waals surface area contributed by atoms with Gasteiger partial charge in [0.25, 0.3) is 5.91 Å². The molecule has 1 aromatic heterocycles. The van der Waals surface area contributed by atoms with Crippen molar-refractivity contribution < 1.29 is 14.3 Å². The van der Waals surface area contributed by atoms with E-state index in [-0.39, 0.29) is 18.4 Å². The molecule has 1 aromatic carbocycles. The van der Waals surface area contributed by atoms with Crippen molar-refractivity contribution in [2.24, 2.45) is 0 Å². The lowest BCUT2D eigenvalue weighted by Gasteiger charge is -2.13. The van der Waals surface area contributed by atoms with Crippen molar-refractivity contribution in [2.45, 2.75) is 32.8 Å². The first-order valence-electron chi connectivity index (χ1n) is 7.09. The van der Waals surface area contributed by atoms with Crippen LogP contribution in [0.25, 0.3) is 0 Å². The number of aliphatic hydroxyl groups is 1. The molecule has 1 heterocycles. The van der Waals surface area contributed by atoms with Gasteiger partial charge in [-0.2, -0.15) is 0 Å². The Morgan fingerprint density at radius 3 is 2.52 bits per heavy atom. The highest BCUT2D eigenvalue weighted by Crippen LogP contribution is 2.20. The first kappa shape index (κ1) is 15.3. The number of furan rings is 1. The number of carbonyl (C=O) groups excluding carboxylic acids is 1. The summed E-state index contributed by atoms with van der Waals surface area (Å²) in [6, 6.07) is 9.39. The molecule has 0 fully saturated rings. The molecule has 2 aromatic rings. The van der Waals surface area contributed by atoms with E-state index in [0.717, 1.165) is 16.7 Å². The molecular weight excluding hydrogens is 266 g/mol. The summed E-state index contributed by atoms with van der Waals surface area (Å²) >= 11 is 0. The van der Waals surface area contributed by atoms with Gasteiger partial charge >= 0.3 is 0 Å². The maximum atomic E-state index is 12.1. The lowest BCUT2D eigenvalue weighted by atomic mass is 10.0. The van der Waals surface area contributed by atoms with Gasteiger partial charge in [0.2, 0.25) is 0 Å². The fraction of sp³-hybridized carbons (Fsp3) is 0.353. The van der Waals surface area contributed by atoms with Gasteiger partial charge in [-0.05, 0) is 24.5 Å². The molecule has 2 rings (SSSR count). The highest BCUT2D eigenvalue weighted by molar-refractivity contribution is 5.93. The summed E-state index contributed by atoms with van der Waals surface area (Å²) in [5.74, 6) is 0.238. The van der Waals surface area contributed by atoms with Crippen molar-refractivity contribution in [2.75, 3.05) is 6.54 Å². The molecule has 0 saturated carbocycles. The second-order valence-electron chi connectivity index (χ2n) is 5.50. The van der Waals surface area contributed by atoms with Gasteiger partial charge in [0.05, 0.1) is 12.4 Å². The number of hydrogen-bond donors (Lipinski definition) is 2. The number of hydrogen-bond acceptors (Lipinski definition) is 3. The van der Waals surface area contributed by atoms with Crippen LogP contribution in [0, 0.1) is 6.92 Å². The molecule has 1 amide bonds. The smallest absolute Gasteiger partial charge is 0.287 e. The Morgan fingerprint density at radius 1 is 1.24 bits per heavy atom. The molecule has 21 heavy (non-hydrogen) atoms. The van der Waals surface area contributed by atoms with Crippen LogP contribution in [0.5, 0.6) is 0 Å². The lowest BCUT2D eigenvalue weighted by Crippen LogP contribution is -2.28. The van der Waals surface area contributed by atoms with E-state index in [1.54, 1.807) is 6.07 Å². The third kappa shape index (κ3) is 3.73. The second-order valence-corrected chi connectivity index (χ2v) is 5.50. The van der Waals surface area contributed by atoms with Crippen LogP contribution in [0.3, 0.4) is 0 Å². The average molecular weight is 287 g/mol. The van der Waals surface area contributed by atoms with Gasteiger partial charge in [0.15, 0.2) is 5.76 Å². The Balaban J connectivity index is 1.97. The Hall–Kier alpha value is -2.07. The lowest BCUT2D eigenvalue weighted by molar-refractivity contribution is 0.0887. The summed E-state index contributed by atoms with van der Waals surface area (Å²) in [7, 11) is 0. The predicted octanol–water partition coefficient (Wildman–Crippen LogP) is 3.17. The number of aryl methyl sites for hydroxylation is 1. The van der Waals surface area contributed by atoms with Crippen LogP contribution in [0.1, 0.15) is 53.1 Å². The van der Waals surface area contributed by atoms with Gasteiger partial charge in [0.1, 0.15) is 0 Å². The van der Waals surface area contributed by atoms with Crippen molar-refractivity contribution in [1.82, 2.24) is 5.32 Å². The Bertz CT molecular complexity index is 599. The van der Waals surface area contributed by atoms with Crippen LogP contribution in [-0.2, 0) is 0 Å². The number of nitrogens with one attached hydrogen (secondary N) is 1. The van der Waals surface area contributed by atoms with Crippen molar-refractivity contribution in [3.63, 3.8) is 0 Å². The molecule has 0 aliphatic rings. The quantitative estimate of drug-likeness (QED) is 0.888.